The Balaban J connectivity index is 1.22. The summed E-state index contributed by atoms with van der Waals surface area (Å²) in [4.78, 5) is 2.53. The van der Waals surface area contributed by atoms with Crippen molar-refractivity contribution in [3.8, 4) is 33.4 Å². The van der Waals surface area contributed by atoms with E-state index in [0.717, 1.165) is 5.69 Å². The monoisotopic (exact) mass is 771 g/mol. The first kappa shape index (κ1) is 36.9. The molecule has 1 nitrogen and oxygen atoms in total. The van der Waals surface area contributed by atoms with Crippen LogP contribution < -0.4 is 4.90 Å². The third-order valence-corrected chi connectivity index (χ3v) is 14.5. The number of hydrogen-bond donors (Lipinski definition) is 0. The van der Waals surface area contributed by atoms with Gasteiger partial charge in [-0.25, -0.2) is 0 Å². The van der Waals surface area contributed by atoms with E-state index < -0.39 is 0 Å². The summed E-state index contributed by atoms with van der Waals surface area (Å²) in [5.41, 5.74) is 19.6. The number of anilines is 3. The first-order valence-electron chi connectivity index (χ1n) is 20.9. The normalized spacial score (nSPS) is 15.0. The van der Waals surface area contributed by atoms with Crippen LogP contribution in [0, 0.1) is 0 Å². The van der Waals surface area contributed by atoms with E-state index in [0.29, 0.717) is 0 Å². The van der Waals surface area contributed by atoms with Gasteiger partial charge in [-0.3, -0.25) is 0 Å². The molecule has 1 heterocycles. The van der Waals surface area contributed by atoms with Gasteiger partial charge in [-0.2, -0.15) is 0 Å². The molecule has 10 rings (SSSR count). The third kappa shape index (κ3) is 5.48. The molecule has 8 aromatic rings. The minimum atomic E-state index is -0.168. The standard InChI is InChI=1S/C56H53NS/c1-53(2,3)36-29-42-41-32-43-47(33-50(41)58-52(42)48(30-36)54(4,5)6)56(9,10)45-21-16-22-49(51(43)45)57(37-25-23-35(24-26-37)34-17-12-11-13-18-34)38-27-28-40-39-19-14-15-20-44(39)55(7,8)46(40)31-38/h11-33H,1-10H3. The Hall–Kier alpha value is -5.44. The molecular weight excluding hydrogens is 719 g/mol. The van der Waals surface area contributed by atoms with Crippen LogP contribution in [0.5, 0.6) is 0 Å². The Kier molecular flexibility index (Phi) is 7.97. The molecule has 0 bridgehead atoms. The Morgan fingerprint density at radius 3 is 1.81 bits per heavy atom. The van der Waals surface area contributed by atoms with Crippen LogP contribution in [0.15, 0.2) is 140 Å². The minimum absolute atomic E-state index is 0.0323. The maximum Gasteiger partial charge on any atom is 0.0543 e. The summed E-state index contributed by atoms with van der Waals surface area (Å²) in [6.07, 6.45) is 0. The number of fused-ring (bicyclic) bond motifs is 9. The fraction of sp³-hybridized carbons (Fsp3) is 0.250. The van der Waals surface area contributed by atoms with Crippen molar-refractivity contribution in [2.45, 2.75) is 90.9 Å². The lowest BCUT2D eigenvalue weighted by Gasteiger charge is -2.30. The van der Waals surface area contributed by atoms with Crippen LogP contribution in [0.4, 0.5) is 17.1 Å². The molecule has 1 aromatic heterocycles. The average Bonchev–Trinajstić information content (AvgIpc) is 3.76. The van der Waals surface area contributed by atoms with Crippen molar-refractivity contribution in [1.82, 2.24) is 0 Å². The molecule has 0 atom stereocenters. The maximum absolute atomic E-state index is 2.55. The van der Waals surface area contributed by atoms with Gasteiger partial charge in [-0.05, 0) is 121 Å². The highest BCUT2D eigenvalue weighted by Gasteiger charge is 2.40. The van der Waals surface area contributed by atoms with Gasteiger partial charge in [0, 0.05) is 47.9 Å². The number of benzene rings is 7. The van der Waals surface area contributed by atoms with Gasteiger partial charge in [0.1, 0.15) is 0 Å². The molecule has 0 amide bonds. The Bertz CT molecular complexity index is 2940. The SMILES string of the molecule is CC(C)(C)c1cc(C(C)(C)C)c2sc3cc4c(cc3c2c1)-c1c(N(c2ccc(-c3ccccc3)cc2)c2ccc3c(c2)C(C)(C)c2ccccc2-3)cccc1C4(C)C. The van der Waals surface area contributed by atoms with Gasteiger partial charge in [0.15, 0.2) is 0 Å². The summed E-state index contributed by atoms with van der Waals surface area (Å²) in [6.45, 7) is 23.7. The van der Waals surface area contributed by atoms with Crippen molar-refractivity contribution >= 4 is 48.6 Å². The molecule has 2 heteroatoms. The first-order valence-corrected chi connectivity index (χ1v) is 21.7. The second-order valence-electron chi connectivity index (χ2n) is 19.9. The Labute approximate surface area is 349 Å². The highest BCUT2D eigenvalue weighted by molar-refractivity contribution is 7.26. The summed E-state index contributed by atoms with van der Waals surface area (Å²) in [7, 11) is 0. The molecule has 7 aromatic carbocycles. The highest BCUT2D eigenvalue weighted by atomic mass is 32.1. The fourth-order valence-electron chi connectivity index (χ4n) is 10.0. The van der Waals surface area contributed by atoms with Crippen LogP contribution in [0.1, 0.15) is 103 Å². The predicted molar refractivity (Wildman–Crippen MR) is 252 cm³/mol. The Morgan fingerprint density at radius 2 is 1.09 bits per heavy atom. The van der Waals surface area contributed by atoms with Crippen molar-refractivity contribution in [2.75, 3.05) is 4.90 Å². The lowest BCUT2D eigenvalue weighted by molar-refractivity contribution is 0.573. The first-order chi connectivity index (χ1) is 27.5. The second kappa shape index (κ2) is 12.5. The smallest absolute Gasteiger partial charge is 0.0543 e. The van der Waals surface area contributed by atoms with Crippen LogP contribution in [0.3, 0.4) is 0 Å². The lowest BCUT2D eigenvalue weighted by Crippen LogP contribution is -2.17. The summed E-state index contributed by atoms with van der Waals surface area (Å²) in [6, 6.07) is 53.1. The molecule has 2 aliphatic carbocycles. The summed E-state index contributed by atoms with van der Waals surface area (Å²) in [5, 5.41) is 2.75. The molecule has 0 aliphatic heterocycles. The van der Waals surface area contributed by atoms with Crippen molar-refractivity contribution in [2.24, 2.45) is 0 Å². The van der Waals surface area contributed by atoms with Crippen molar-refractivity contribution in [3.05, 3.63) is 173 Å². The van der Waals surface area contributed by atoms with Crippen molar-refractivity contribution < 1.29 is 0 Å². The number of hydrogen-bond acceptors (Lipinski definition) is 2. The van der Waals surface area contributed by atoms with Crippen LogP contribution in [-0.4, -0.2) is 0 Å². The number of rotatable bonds is 4. The van der Waals surface area contributed by atoms with Gasteiger partial charge < -0.3 is 4.90 Å². The maximum atomic E-state index is 2.55. The van der Waals surface area contributed by atoms with E-state index in [-0.39, 0.29) is 21.7 Å². The van der Waals surface area contributed by atoms with Crippen LogP contribution in [0.2, 0.25) is 0 Å². The molecule has 0 radical (unpaired) electrons. The van der Waals surface area contributed by atoms with E-state index >= 15 is 0 Å². The molecule has 2 aliphatic rings. The minimum Gasteiger partial charge on any atom is -0.310 e. The molecule has 288 valence electrons. The average molecular weight is 772 g/mol. The van der Waals surface area contributed by atoms with E-state index in [4.69, 9.17) is 0 Å². The van der Waals surface area contributed by atoms with Crippen LogP contribution in [-0.2, 0) is 21.7 Å². The fourth-order valence-corrected chi connectivity index (χ4v) is 11.4. The zero-order chi connectivity index (χ0) is 40.5. The van der Waals surface area contributed by atoms with Crippen molar-refractivity contribution in [3.63, 3.8) is 0 Å². The molecule has 58 heavy (non-hydrogen) atoms. The molecular formula is C56H53NS. The van der Waals surface area contributed by atoms with Crippen LogP contribution >= 0.6 is 11.3 Å². The van der Waals surface area contributed by atoms with E-state index in [1.807, 2.05) is 11.3 Å². The quantitative estimate of drug-likeness (QED) is 0.172. The lowest BCUT2D eigenvalue weighted by atomic mass is 9.79. The van der Waals surface area contributed by atoms with Gasteiger partial charge in [0.05, 0.1) is 5.69 Å². The topological polar surface area (TPSA) is 3.24 Å². The molecule has 0 N–H and O–H groups in total. The highest BCUT2D eigenvalue weighted by Crippen LogP contribution is 2.57. The zero-order valence-electron chi connectivity index (χ0n) is 35.6. The zero-order valence-corrected chi connectivity index (χ0v) is 36.5. The Morgan fingerprint density at radius 1 is 0.466 bits per heavy atom. The molecule has 0 fully saturated rings. The number of nitrogens with zero attached hydrogens (tertiary/aromatic N) is 1. The van der Waals surface area contributed by atoms with Gasteiger partial charge in [-0.1, -0.05) is 160 Å². The van der Waals surface area contributed by atoms with E-state index in [1.54, 1.807) is 0 Å². The van der Waals surface area contributed by atoms with Gasteiger partial charge >= 0.3 is 0 Å². The predicted octanol–water partition coefficient (Wildman–Crippen LogP) is 16.4. The molecule has 0 saturated carbocycles. The van der Waals surface area contributed by atoms with Crippen LogP contribution in [0.25, 0.3) is 53.6 Å². The molecule has 0 saturated heterocycles. The van der Waals surface area contributed by atoms with Gasteiger partial charge in [-0.15, -0.1) is 11.3 Å². The summed E-state index contributed by atoms with van der Waals surface area (Å²) >= 11 is 1.98. The van der Waals surface area contributed by atoms with Gasteiger partial charge in [0.2, 0.25) is 0 Å². The number of thiophene rings is 1. The second-order valence-corrected chi connectivity index (χ2v) is 20.9. The molecule has 0 spiro atoms. The molecule has 0 unspecified atom stereocenters. The summed E-state index contributed by atoms with van der Waals surface area (Å²) in [5.74, 6) is 0. The van der Waals surface area contributed by atoms with E-state index in [2.05, 4.69) is 214 Å². The largest absolute Gasteiger partial charge is 0.310 e. The summed E-state index contributed by atoms with van der Waals surface area (Å²) < 4.78 is 2.80. The van der Waals surface area contributed by atoms with E-state index in [9.17, 15) is 0 Å². The third-order valence-electron chi connectivity index (χ3n) is 13.3. The van der Waals surface area contributed by atoms with E-state index in [1.165, 1.54) is 98.3 Å². The van der Waals surface area contributed by atoms with Gasteiger partial charge in [0.25, 0.3) is 0 Å². The van der Waals surface area contributed by atoms with Crippen molar-refractivity contribution in [1.29, 1.82) is 0 Å².